The van der Waals surface area contributed by atoms with Crippen molar-refractivity contribution in [3.63, 3.8) is 0 Å². The highest BCUT2D eigenvalue weighted by Crippen LogP contribution is 2.16. The predicted octanol–water partition coefficient (Wildman–Crippen LogP) is 3.56. The van der Waals surface area contributed by atoms with Gasteiger partial charge in [0.1, 0.15) is 17.5 Å². The molecule has 1 atom stereocenters. The number of halogens is 3. The van der Waals surface area contributed by atoms with Crippen LogP contribution in [0.1, 0.15) is 16.7 Å². The van der Waals surface area contributed by atoms with Crippen LogP contribution in [0, 0.1) is 24.4 Å². The van der Waals surface area contributed by atoms with Crippen molar-refractivity contribution in [3.05, 3.63) is 70.5 Å². The molecule has 4 heteroatoms. The highest BCUT2D eigenvalue weighted by molar-refractivity contribution is 5.27. The summed E-state index contributed by atoms with van der Waals surface area (Å²) in [5.74, 6) is -1.71. The predicted molar refractivity (Wildman–Crippen MR) is 70.9 cm³/mol. The summed E-state index contributed by atoms with van der Waals surface area (Å²) in [7, 11) is 0. The van der Waals surface area contributed by atoms with Crippen molar-refractivity contribution >= 4 is 0 Å². The first kappa shape index (κ1) is 14.6. The molecule has 0 bridgehead atoms. The Bertz CT molecular complexity index is 590. The van der Waals surface area contributed by atoms with Gasteiger partial charge in [-0.05, 0) is 60.7 Å². The lowest BCUT2D eigenvalue weighted by molar-refractivity contribution is 0.175. The quantitative estimate of drug-likeness (QED) is 0.908. The van der Waals surface area contributed by atoms with Crippen molar-refractivity contribution in [2.24, 2.45) is 0 Å². The van der Waals surface area contributed by atoms with Crippen molar-refractivity contribution in [1.29, 1.82) is 0 Å². The van der Waals surface area contributed by atoms with E-state index in [1.807, 2.05) is 6.92 Å². The summed E-state index contributed by atoms with van der Waals surface area (Å²) in [5.41, 5.74) is 1.94. The summed E-state index contributed by atoms with van der Waals surface area (Å²) in [6.45, 7) is 1.82. The normalized spacial score (nSPS) is 12.4. The second kappa shape index (κ2) is 6.09. The Morgan fingerprint density at radius 1 is 0.900 bits per heavy atom. The lowest BCUT2D eigenvalue weighted by Crippen LogP contribution is -2.15. The smallest absolute Gasteiger partial charge is 0.126 e. The van der Waals surface area contributed by atoms with E-state index in [4.69, 9.17) is 0 Å². The van der Waals surface area contributed by atoms with E-state index in [2.05, 4.69) is 0 Å². The van der Waals surface area contributed by atoms with Gasteiger partial charge in [-0.3, -0.25) is 0 Å². The second-order valence-corrected chi connectivity index (χ2v) is 4.91. The zero-order chi connectivity index (χ0) is 14.7. The molecule has 0 aliphatic heterocycles. The van der Waals surface area contributed by atoms with Crippen LogP contribution in [0.25, 0.3) is 0 Å². The molecular formula is C16H15F3O. The van der Waals surface area contributed by atoms with Crippen LogP contribution in [-0.2, 0) is 12.8 Å². The van der Waals surface area contributed by atoms with Gasteiger partial charge >= 0.3 is 0 Å². The van der Waals surface area contributed by atoms with Crippen molar-refractivity contribution in [1.82, 2.24) is 0 Å². The monoisotopic (exact) mass is 280 g/mol. The number of benzene rings is 2. The Morgan fingerprint density at radius 2 is 1.55 bits per heavy atom. The summed E-state index contributed by atoms with van der Waals surface area (Å²) in [4.78, 5) is 0. The van der Waals surface area contributed by atoms with Gasteiger partial charge in [0, 0.05) is 6.07 Å². The average molecular weight is 280 g/mol. The minimum Gasteiger partial charge on any atom is -0.392 e. The molecule has 1 N–H and O–H groups in total. The molecule has 0 aromatic heterocycles. The molecule has 1 unspecified atom stereocenters. The topological polar surface area (TPSA) is 20.2 Å². The van der Waals surface area contributed by atoms with Gasteiger partial charge in [-0.1, -0.05) is 6.07 Å². The van der Waals surface area contributed by atoms with Gasteiger partial charge in [0.25, 0.3) is 0 Å². The first-order chi connectivity index (χ1) is 9.44. The van der Waals surface area contributed by atoms with Gasteiger partial charge in [-0.25, -0.2) is 13.2 Å². The maximum atomic E-state index is 13.1. The lowest BCUT2D eigenvalue weighted by atomic mass is 9.98. The highest BCUT2D eigenvalue weighted by Gasteiger charge is 2.11. The first-order valence-electron chi connectivity index (χ1n) is 6.32. The molecule has 0 saturated heterocycles. The standard InChI is InChI=1S/C16H15F3O/c1-10-2-3-13(17)7-12(10)8-16(20)6-11-4-14(18)9-15(19)5-11/h2-5,7,9,16,20H,6,8H2,1H3. The van der Waals surface area contributed by atoms with Crippen LogP contribution in [0.15, 0.2) is 36.4 Å². The fourth-order valence-corrected chi connectivity index (χ4v) is 2.19. The molecule has 0 spiro atoms. The van der Waals surface area contributed by atoms with E-state index in [1.165, 1.54) is 24.3 Å². The van der Waals surface area contributed by atoms with Gasteiger partial charge in [0.2, 0.25) is 0 Å². The van der Waals surface area contributed by atoms with E-state index < -0.39 is 17.7 Å². The van der Waals surface area contributed by atoms with E-state index in [1.54, 1.807) is 6.07 Å². The third kappa shape index (κ3) is 3.84. The van der Waals surface area contributed by atoms with E-state index in [-0.39, 0.29) is 18.7 Å². The Balaban J connectivity index is 2.08. The van der Waals surface area contributed by atoms with Crippen molar-refractivity contribution in [2.75, 3.05) is 0 Å². The molecule has 106 valence electrons. The molecule has 0 amide bonds. The Kier molecular flexibility index (Phi) is 4.45. The molecule has 0 saturated carbocycles. The SMILES string of the molecule is Cc1ccc(F)cc1CC(O)Cc1cc(F)cc(F)c1. The van der Waals surface area contributed by atoms with Gasteiger partial charge in [-0.2, -0.15) is 0 Å². The molecule has 0 aliphatic carbocycles. The van der Waals surface area contributed by atoms with Gasteiger partial charge in [-0.15, -0.1) is 0 Å². The third-order valence-electron chi connectivity index (χ3n) is 3.16. The Hall–Kier alpha value is -1.81. The van der Waals surface area contributed by atoms with Gasteiger partial charge < -0.3 is 5.11 Å². The first-order valence-corrected chi connectivity index (χ1v) is 6.32. The fourth-order valence-electron chi connectivity index (χ4n) is 2.19. The molecule has 2 aromatic carbocycles. The zero-order valence-electron chi connectivity index (χ0n) is 11.0. The highest BCUT2D eigenvalue weighted by atomic mass is 19.1. The zero-order valence-corrected chi connectivity index (χ0v) is 11.0. The molecule has 2 aromatic rings. The van der Waals surface area contributed by atoms with Crippen LogP contribution >= 0.6 is 0 Å². The molecule has 2 rings (SSSR count). The van der Waals surface area contributed by atoms with Crippen molar-refractivity contribution < 1.29 is 18.3 Å². The summed E-state index contributed by atoms with van der Waals surface area (Å²) in [6, 6.07) is 7.51. The average Bonchev–Trinajstić information content (AvgIpc) is 2.32. The number of aryl methyl sites for hydroxylation is 1. The Labute approximate surface area is 115 Å². The van der Waals surface area contributed by atoms with Gasteiger partial charge in [0.15, 0.2) is 0 Å². The van der Waals surface area contributed by atoms with Crippen molar-refractivity contribution in [3.8, 4) is 0 Å². The number of hydrogen-bond acceptors (Lipinski definition) is 1. The molecule has 1 nitrogen and oxygen atoms in total. The Morgan fingerprint density at radius 3 is 2.20 bits per heavy atom. The molecule has 0 fully saturated rings. The molecular weight excluding hydrogens is 265 g/mol. The van der Waals surface area contributed by atoms with Crippen LogP contribution in [0.3, 0.4) is 0 Å². The maximum Gasteiger partial charge on any atom is 0.126 e. The summed E-state index contributed by atoms with van der Waals surface area (Å²) in [6.07, 6.45) is -0.469. The molecule has 0 aliphatic rings. The largest absolute Gasteiger partial charge is 0.392 e. The number of hydrogen-bond donors (Lipinski definition) is 1. The van der Waals surface area contributed by atoms with E-state index >= 15 is 0 Å². The van der Waals surface area contributed by atoms with Crippen LogP contribution in [0.2, 0.25) is 0 Å². The van der Waals surface area contributed by atoms with Crippen LogP contribution in [-0.4, -0.2) is 11.2 Å². The lowest BCUT2D eigenvalue weighted by Gasteiger charge is -2.13. The fraction of sp³-hybridized carbons (Fsp3) is 0.250. The van der Waals surface area contributed by atoms with E-state index in [9.17, 15) is 18.3 Å². The number of aliphatic hydroxyl groups is 1. The molecule has 0 radical (unpaired) electrons. The summed E-state index contributed by atoms with van der Waals surface area (Å²) in [5, 5.41) is 9.99. The minimum absolute atomic E-state index is 0.116. The summed E-state index contributed by atoms with van der Waals surface area (Å²) >= 11 is 0. The van der Waals surface area contributed by atoms with Crippen LogP contribution in [0.5, 0.6) is 0 Å². The minimum atomic E-state index is -0.823. The second-order valence-electron chi connectivity index (χ2n) is 4.91. The number of aliphatic hydroxyl groups excluding tert-OH is 1. The third-order valence-corrected chi connectivity index (χ3v) is 3.16. The van der Waals surface area contributed by atoms with Crippen molar-refractivity contribution in [2.45, 2.75) is 25.9 Å². The van der Waals surface area contributed by atoms with Crippen LogP contribution in [0.4, 0.5) is 13.2 Å². The summed E-state index contributed by atoms with van der Waals surface area (Å²) < 4.78 is 39.3. The molecule has 0 heterocycles. The number of rotatable bonds is 4. The van der Waals surface area contributed by atoms with Gasteiger partial charge in [0.05, 0.1) is 6.10 Å². The van der Waals surface area contributed by atoms with E-state index in [0.717, 1.165) is 11.6 Å². The maximum absolute atomic E-state index is 13.1. The van der Waals surface area contributed by atoms with Crippen LogP contribution < -0.4 is 0 Å². The van der Waals surface area contributed by atoms with E-state index in [0.29, 0.717) is 11.1 Å². The molecule has 20 heavy (non-hydrogen) atoms.